The molecule has 2 heterocycles. The SMILES string of the molecule is Cc1ccc2c(c1)C(=O)NCC1(CCN(C(=O)COc3cccc(F)c3)CC1)O2. The Bertz CT molecular complexity index is 938. The molecule has 1 fully saturated rings. The van der Waals surface area contributed by atoms with E-state index >= 15 is 0 Å². The second kappa shape index (κ2) is 7.73. The number of nitrogens with zero attached hydrogens (tertiary/aromatic N) is 1. The Balaban J connectivity index is 1.37. The third-order valence-corrected chi connectivity index (χ3v) is 5.46. The van der Waals surface area contributed by atoms with Crippen LogP contribution in [0.5, 0.6) is 11.5 Å². The number of hydrogen-bond donors (Lipinski definition) is 1. The Kier molecular flexibility index (Phi) is 5.13. The predicted octanol–water partition coefficient (Wildman–Crippen LogP) is 2.70. The number of carbonyl (C=O) groups excluding carboxylic acids is 2. The normalized spacial score (nSPS) is 17.7. The van der Waals surface area contributed by atoms with Gasteiger partial charge in [0.15, 0.2) is 6.61 Å². The summed E-state index contributed by atoms with van der Waals surface area (Å²) >= 11 is 0. The minimum Gasteiger partial charge on any atom is -0.484 e. The highest BCUT2D eigenvalue weighted by Crippen LogP contribution is 2.33. The van der Waals surface area contributed by atoms with Gasteiger partial charge in [0, 0.05) is 32.0 Å². The maximum Gasteiger partial charge on any atom is 0.260 e. The molecule has 2 amide bonds. The molecule has 4 rings (SSSR count). The van der Waals surface area contributed by atoms with Crippen LogP contribution in [0.2, 0.25) is 0 Å². The van der Waals surface area contributed by atoms with E-state index in [2.05, 4.69) is 5.32 Å². The first kappa shape index (κ1) is 19.2. The fraction of sp³-hybridized carbons (Fsp3) is 0.364. The van der Waals surface area contributed by atoms with E-state index in [1.807, 2.05) is 25.1 Å². The molecule has 0 aromatic heterocycles. The average molecular weight is 398 g/mol. The fourth-order valence-electron chi connectivity index (χ4n) is 3.75. The molecule has 2 aliphatic rings. The molecule has 2 aromatic carbocycles. The minimum absolute atomic E-state index is 0.137. The molecule has 2 aliphatic heterocycles. The molecule has 29 heavy (non-hydrogen) atoms. The van der Waals surface area contributed by atoms with Crippen molar-refractivity contribution >= 4 is 11.8 Å². The highest BCUT2D eigenvalue weighted by molar-refractivity contribution is 5.97. The lowest BCUT2D eigenvalue weighted by atomic mass is 9.91. The van der Waals surface area contributed by atoms with Gasteiger partial charge in [-0.2, -0.15) is 0 Å². The number of nitrogens with one attached hydrogen (secondary N) is 1. The molecule has 0 saturated carbocycles. The molecule has 7 heteroatoms. The first-order chi connectivity index (χ1) is 13.9. The number of rotatable bonds is 3. The Hall–Kier alpha value is -3.09. The predicted molar refractivity (Wildman–Crippen MR) is 105 cm³/mol. The van der Waals surface area contributed by atoms with E-state index in [9.17, 15) is 14.0 Å². The van der Waals surface area contributed by atoms with Crippen LogP contribution in [0.25, 0.3) is 0 Å². The van der Waals surface area contributed by atoms with Crippen LogP contribution in [-0.2, 0) is 4.79 Å². The van der Waals surface area contributed by atoms with Crippen molar-refractivity contribution in [3.8, 4) is 11.5 Å². The zero-order valence-electron chi connectivity index (χ0n) is 16.2. The van der Waals surface area contributed by atoms with E-state index in [1.165, 1.54) is 18.2 Å². The number of carbonyl (C=O) groups is 2. The van der Waals surface area contributed by atoms with Crippen molar-refractivity contribution < 1.29 is 23.5 Å². The van der Waals surface area contributed by atoms with E-state index < -0.39 is 11.4 Å². The van der Waals surface area contributed by atoms with Crippen LogP contribution < -0.4 is 14.8 Å². The third kappa shape index (κ3) is 4.18. The molecule has 1 spiro atoms. The van der Waals surface area contributed by atoms with Gasteiger partial charge in [0.1, 0.15) is 22.9 Å². The number of likely N-dealkylation sites (tertiary alicyclic amines) is 1. The maximum atomic E-state index is 13.2. The summed E-state index contributed by atoms with van der Waals surface area (Å²) in [7, 11) is 0. The average Bonchev–Trinajstić information content (AvgIpc) is 2.84. The van der Waals surface area contributed by atoms with Crippen molar-refractivity contribution in [2.24, 2.45) is 0 Å². The molecule has 2 aromatic rings. The van der Waals surface area contributed by atoms with Crippen LogP contribution in [-0.4, -0.2) is 48.6 Å². The van der Waals surface area contributed by atoms with E-state index in [0.29, 0.717) is 49.5 Å². The van der Waals surface area contributed by atoms with Gasteiger partial charge in [-0.3, -0.25) is 9.59 Å². The van der Waals surface area contributed by atoms with Crippen LogP contribution in [0.4, 0.5) is 4.39 Å². The lowest BCUT2D eigenvalue weighted by Crippen LogP contribution is -2.54. The largest absolute Gasteiger partial charge is 0.484 e. The van der Waals surface area contributed by atoms with Gasteiger partial charge < -0.3 is 19.7 Å². The number of aryl methyl sites for hydroxylation is 1. The molecule has 0 unspecified atom stereocenters. The maximum absolute atomic E-state index is 13.2. The van der Waals surface area contributed by atoms with Crippen molar-refractivity contribution in [2.75, 3.05) is 26.2 Å². The second-order valence-electron chi connectivity index (χ2n) is 7.59. The summed E-state index contributed by atoms with van der Waals surface area (Å²) in [5.74, 6) is 0.214. The highest BCUT2D eigenvalue weighted by atomic mass is 19.1. The first-order valence-electron chi connectivity index (χ1n) is 9.68. The summed E-state index contributed by atoms with van der Waals surface area (Å²) in [4.78, 5) is 26.6. The molecule has 152 valence electrons. The van der Waals surface area contributed by atoms with Crippen molar-refractivity contribution in [3.05, 3.63) is 59.4 Å². The van der Waals surface area contributed by atoms with E-state index in [0.717, 1.165) is 5.56 Å². The summed E-state index contributed by atoms with van der Waals surface area (Å²) in [5.41, 5.74) is 1.01. The number of amides is 2. The number of benzene rings is 2. The minimum atomic E-state index is -0.531. The lowest BCUT2D eigenvalue weighted by molar-refractivity contribution is -0.136. The van der Waals surface area contributed by atoms with Crippen LogP contribution >= 0.6 is 0 Å². The number of fused-ring (bicyclic) bond motifs is 1. The zero-order valence-corrected chi connectivity index (χ0v) is 16.2. The topological polar surface area (TPSA) is 67.9 Å². The molecule has 0 radical (unpaired) electrons. The van der Waals surface area contributed by atoms with Gasteiger partial charge >= 0.3 is 0 Å². The van der Waals surface area contributed by atoms with E-state index in [1.54, 1.807) is 11.0 Å². The summed E-state index contributed by atoms with van der Waals surface area (Å²) in [5, 5.41) is 2.96. The Labute approximate surface area is 168 Å². The first-order valence-corrected chi connectivity index (χ1v) is 9.68. The van der Waals surface area contributed by atoms with Crippen molar-refractivity contribution in [3.63, 3.8) is 0 Å². The monoisotopic (exact) mass is 398 g/mol. The molecule has 1 N–H and O–H groups in total. The Morgan fingerprint density at radius 1 is 1.24 bits per heavy atom. The molecular formula is C22H23FN2O4. The highest BCUT2D eigenvalue weighted by Gasteiger charge is 2.41. The fourth-order valence-corrected chi connectivity index (χ4v) is 3.75. The van der Waals surface area contributed by atoms with Crippen LogP contribution in [0.15, 0.2) is 42.5 Å². The second-order valence-corrected chi connectivity index (χ2v) is 7.59. The molecule has 6 nitrogen and oxygen atoms in total. The number of ether oxygens (including phenoxy) is 2. The molecule has 0 aliphatic carbocycles. The van der Waals surface area contributed by atoms with Gasteiger partial charge in [-0.05, 0) is 31.2 Å². The number of halogens is 1. The van der Waals surface area contributed by atoms with Gasteiger partial charge in [0.2, 0.25) is 0 Å². The summed E-state index contributed by atoms with van der Waals surface area (Å²) in [6, 6.07) is 11.3. The summed E-state index contributed by atoms with van der Waals surface area (Å²) in [6.07, 6.45) is 1.21. The van der Waals surface area contributed by atoms with Gasteiger partial charge in [0.05, 0.1) is 12.1 Å². The lowest BCUT2D eigenvalue weighted by Gasteiger charge is -2.41. The zero-order chi connectivity index (χ0) is 20.4. The quantitative estimate of drug-likeness (QED) is 0.863. The van der Waals surface area contributed by atoms with Crippen molar-refractivity contribution in [1.29, 1.82) is 0 Å². The standard InChI is InChI=1S/C22H23FN2O4/c1-15-5-6-19-18(11-15)21(27)24-14-22(29-19)7-9-25(10-8-22)20(26)13-28-17-4-2-3-16(23)12-17/h2-6,11-12H,7-10,13-14H2,1H3,(H,24,27). The van der Waals surface area contributed by atoms with Crippen molar-refractivity contribution in [1.82, 2.24) is 10.2 Å². The van der Waals surface area contributed by atoms with Crippen LogP contribution in [0.1, 0.15) is 28.8 Å². The van der Waals surface area contributed by atoms with Gasteiger partial charge in [-0.15, -0.1) is 0 Å². The molecule has 0 atom stereocenters. The third-order valence-electron chi connectivity index (χ3n) is 5.46. The van der Waals surface area contributed by atoms with Gasteiger partial charge in [-0.1, -0.05) is 17.7 Å². The molecule has 0 bridgehead atoms. The molecular weight excluding hydrogens is 375 g/mol. The van der Waals surface area contributed by atoms with Crippen LogP contribution in [0, 0.1) is 12.7 Å². The Morgan fingerprint density at radius 2 is 2.03 bits per heavy atom. The van der Waals surface area contributed by atoms with Crippen LogP contribution in [0.3, 0.4) is 0 Å². The summed E-state index contributed by atoms with van der Waals surface area (Å²) < 4.78 is 24.9. The number of hydrogen-bond acceptors (Lipinski definition) is 4. The molecule has 1 saturated heterocycles. The van der Waals surface area contributed by atoms with Gasteiger partial charge in [0.25, 0.3) is 11.8 Å². The van der Waals surface area contributed by atoms with Gasteiger partial charge in [-0.25, -0.2) is 4.39 Å². The van der Waals surface area contributed by atoms with Crippen molar-refractivity contribution in [2.45, 2.75) is 25.4 Å². The summed E-state index contributed by atoms with van der Waals surface area (Å²) in [6.45, 7) is 3.20. The Morgan fingerprint density at radius 3 is 2.79 bits per heavy atom. The number of piperidine rings is 1. The van der Waals surface area contributed by atoms with E-state index in [4.69, 9.17) is 9.47 Å². The smallest absolute Gasteiger partial charge is 0.260 e. The van der Waals surface area contributed by atoms with E-state index in [-0.39, 0.29) is 18.4 Å².